The van der Waals surface area contributed by atoms with Crippen molar-refractivity contribution in [1.82, 2.24) is 5.32 Å². The summed E-state index contributed by atoms with van der Waals surface area (Å²) < 4.78 is 6.10. The number of ether oxygens (including phenoxy) is 1. The van der Waals surface area contributed by atoms with E-state index in [-0.39, 0.29) is 5.60 Å². The van der Waals surface area contributed by atoms with Gasteiger partial charge in [0, 0.05) is 6.54 Å². The van der Waals surface area contributed by atoms with E-state index in [9.17, 15) is 0 Å². The lowest BCUT2D eigenvalue weighted by Gasteiger charge is -2.29. The van der Waals surface area contributed by atoms with E-state index in [1.165, 1.54) is 12.0 Å². The summed E-state index contributed by atoms with van der Waals surface area (Å²) >= 11 is 0. The fraction of sp³-hybridized carbons (Fsp3) is 0.625. The predicted molar refractivity (Wildman–Crippen MR) is 78.4 cm³/mol. The van der Waals surface area contributed by atoms with Gasteiger partial charge in [0.05, 0.1) is 0 Å². The van der Waals surface area contributed by atoms with Crippen LogP contribution in [-0.2, 0) is 0 Å². The summed E-state index contributed by atoms with van der Waals surface area (Å²) in [4.78, 5) is 0. The number of hydrogen-bond donors (Lipinski definition) is 1. The van der Waals surface area contributed by atoms with Crippen molar-refractivity contribution in [2.24, 2.45) is 0 Å². The summed E-state index contributed by atoms with van der Waals surface area (Å²) in [7, 11) is 1.96. The summed E-state index contributed by atoms with van der Waals surface area (Å²) in [5, 5.41) is 3.19. The zero-order valence-corrected chi connectivity index (χ0v) is 12.4. The molecule has 0 saturated heterocycles. The third-order valence-corrected chi connectivity index (χ3v) is 3.72. The largest absolute Gasteiger partial charge is 0.486 e. The van der Waals surface area contributed by atoms with E-state index in [4.69, 9.17) is 4.74 Å². The van der Waals surface area contributed by atoms with Gasteiger partial charge in [0.15, 0.2) is 0 Å². The second kappa shape index (κ2) is 6.79. The molecule has 0 aliphatic carbocycles. The summed E-state index contributed by atoms with van der Waals surface area (Å²) in [5.41, 5.74) is 1.25. The highest BCUT2D eigenvalue weighted by Gasteiger charge is 2.23. The average Bonchev–Trinajstić information content (AvgIpc) is 2.39. The Balaban J connectivity index is 2.73. The van der Waals surface area contributed by atoms with Gasteiger partial charge >= 0.3 is 0 Å². The van der Waals surface area contributed by atoms with E-state index < -0.39 is 0 Å². The lowest BCUT2D eigenvalue weighted by Crippen LogP contribution is -2.41. The van der Waals surface area contributed by atoms with Gasteiger partial charge in [0.25, 0.3) is 0 Å². The number of rotatable bonds is 7. The molecule has 1 aromatic rings. The number of hydrogen-bond acceptors (Lipinski definition) is 2. The van der Waals surface area contributed by atoms with Crippen molar-refractivity contribution in [2.75, 3.05) is 13.6 Å². The van der Waals surface area contributed by atoms with Gasteiger partial charge in [-0.1, -0.05) is 32.9 Å². The van der Waals surface area contributed by atoms with Gasteiger partial charge in [-0.05, 0) is 50.4 Å². The van der Waals surface area contributed by atoms with Gasteiger partial charge < -0.3 is 10.1 Å². The van der Waals surface area contributed by atoms with Crippen LogP contribution in [0.1, 0.15) is 52.0 Å². The Hall–Kier alpha value is -1.02. The standard InChI is InChI=1S/C16H27NO/c1-6-13(3)14-8-10-15(11-9-14)18-16(4,7-2)12-17-5/h8-11,13,17H,6-7,12H2,1-5H3. The summed E-state index contributed by atoms with van der Waals surface area (Å²) in [5.74, 6) is 1.58. The quantitative estimate of drug-likeness (QED) is 0.789. The van der Waals surface area contributed by atoms with Crippen LogP contribution in [0.3, 0.4) is 0 Å². The van der Waals surface area contributed by atoms with Gasteiger partial charge in [-0.25, -0.2) is 0 Å². The Morgan fingerprint density at radius 2 is 1.83 bits per heavy atom. The SMILES string of the molecule is CCC(C)c1ccc(OC(C)(CC)CNC)cc1. The summed E-state index contributed by atoms with van der Waals surface area (Å²) in [6.45, 7) is 9.64. The van der Waals surface area contributed by atoms with Crippen LogP contribution in [0, 0.1) is 0 Å². The van der Waals surface area contributed by atoms with Gasteiger partial charge in [-0.2, -0.15) is 0 Å². The summed E-state index contributed by atoms with van der Waals surface area (Å²) in [6, 6.07) is 8.54. The maximum atomic E-state index is 6.10. The number of likely N-dealkylation sites (N-methyl/N-ethyl adjacent to an activating group) is 1. The topological polar surface area (TPSA) is 21.3 Å². The molecule has 0 spiro atoms. The van der Waals surface area contributed by atoms with Crippen molar-refractivity contribution < 1.29 is 4.74 Å². The number of nitrogens with one attached hydrogen (secondary N) is 1. The third-order valence-electron chi connectivity index (χ3n) is 3.72. The van der Waals surface area contributed by atoms with Crippen molar-refractivity contribution in [3.8, 4) is 5.75 Å². The van der Waals surface area contributed by atoms with Gasteiger partial charge in [0.1, 0.15) is 11.4 Å². The lowest BCUT2D eigenvalue weighted by molar-refractivity contribution is 0.0858. The van der Waals surface area contributed by atoms with Gasteiger partial charge in [-0.15, -0.1) is 0 Å². The molecule has 18 heavy (non-hydrogen) atoms. The zero-order valence-electron chi connectivity index (χ0n) is 12.4. The molecule has 2 heteroatoms. The van der Waals surface area contributed by atoms with Crippen LogP contribution >= 0.6 is 0 Å². The molecule has 1 rings (SSSR count). The highest BCUT2D eigenvalue weighted by atomic mass is 16.5. The molecular weight excluding hydrogens is 222 g/mol. The molecule has 0 aliphatic heterocycles. The van der Waals surface area contributed by atoms with Crippen molar-refractivity contribution in [3.05, 3.63) is 29.8 Å². The smallest absolute Gasteiger partial charge is 0.120 e. The molecule has 0 bridgehead atoms. The molecule has 1 N–H and O–H groups in total. The predicted octanol–water partition coefficient (Wildman–Crippen LogP) is 3.97. The molecule has 2 atom stereocenters. The summed E-state index contributed by atoms with van der Waals surface area (Å²) in [6.07, 6.45) is 2.16. The number of benzene rings is 1. The fourth-order valence-electron chi connectivity index (χ4n) is 1.99. The molecular formula is C16H27NO. The first-order valence-electron chi connectivity index (χ1n) is 6.98. The van der Waals surface area contributed by atoms with E-state index in [1.807, 2.05) is 7.05 Å². The molecule has 0 radical (unpaired) electrons. The van der Waals surface area contributed by atoms with Crippen LogP contribution in [0.5, 0.6) is 5.75 Å². The molecule has 2 unspecified atom stereocenters. The Labute approximate surface area is 112 Å². The molecule has 0 saturated carbocycles. The van der Waals surface area contributed by atoms with Crippen LogP contribution in [0.2, 0.25) is 0 Å². The van der Waals surface area contributed by atoms with Crippen molar-refractivity contribution in [1.29, 1.82) is 0 Å². The average molecular weight is 249 g/mol. The van der Waals surface area contributed by atoms with Crippen LogP contribution in [0.15, 0.2) is 24.3 Å². The highest BCUT2D eigenvalue weighted by molar-refractivity contribution is 5.29. The first-order chi connectivity index (χ1) is 8.54. The minimum absolute atomic E-state index is 0.132. The Morgan fingerprint density at radius 3 is 2.28 bits per heavy atom. The first kappa shape index (κ1) is 15.0. The zero-order chi connectivity index (χ0) is 13.6. The molecule has 0 fully saturated rings. The molecule has 0 amide bonds. The minimum Gasteiger partial charge on any atom is -0.486 e. The van der Waals surface area contributed by atoms with Crippen LogP contribution in [0.4, 0.5) is 0 Å². The van der Waals surface area contributed by atoms with Gasteiger partial charge in [-0.3, -0.25) is 0 Å². The molecule has 1 aromatic carbocycles. The van der Waals surface area contributed by atoms with E-state index in [0.717, 1.165) is 18.7 Å². The van der Waals surface area contributed by atoms with Crippen molar-refractivity contribution in [2.45, 2.75) is 52.1 Å². The maximum Gasteiger partial charge on any atom is 0.120 e. The Bertz CT molecular complexity index is 347. The van der Waals surface area contributed by atoms with E-state index >= 15 is 0 Å². The van der Waals surface area contributed by atoms with Crippen molar-refractivity contribution in [3.63, 3.8) is 0 Å². The van der Waals surface area contributed by atoms with E-state index in [1.54, 1.807) is 0 Å². The van der Waals surface area contributed by atoms with Crippen LogP contribution in [-0.4, -0.2) is 19.2 Å². The first-order valence-corrected chi connectivity index (χ1v) is 6.98. The van der Waals surface area contributed by atoms with Crippen LogP contribution in [0.25, 0.3) is 0 Å². The highest BCUT2D eigenvalue weighted by Crippen LogP contribution is 2.25. The molecule has 0 heterocycles. The fourth-order valence-corrected chi connectivity index (χ4v) is 1.99. The Morgan fingerprint density at radius 1 is 1.22 bits per heavy atom. The van der Waals surface area contributed by atoms with E-state index in [2.05, 4.69) is 57.3 Å². The molecule has 102 valence electrons. The third kappa shape index (κ3) is 4.02. The maximum absolute atomic E-state index is 6.10. The van der Waals surface area contributed by atoms with Crippen LogP contribution < -0.4 is 10.1 Å². The van der Waals surface area contributed by atoms with E-state index in [0.29, 0.717) is 5.92 Å². The minimum atomic E-state index is -0.132. The molecule has 0 aliphatic rings. The monoisotopic (exact) mass is 249 g/mol. The Kier molecular flexibility index (Phi) is 5.67. The molecule has 0 aromatic heterocycles. The van der Waals surface area contributed by atoms with Crippen molar-refractivity contribution >= 4 is 0 Å². The van der Waals surface area contributed by atoms with Gasteiger partial charge in [0.2, 0.25) is 0 Å². The normalized spacial score (nSPS) is 16.1. The second-order valence-corrected chi connectivity index (χ2v) is 5.31. The lowest BCUT2D eigenvalue weighted by atomic mass is 9.98. The second-order valence-electron chi connectivity index (χ2n) is 5.31. The molecule has 2 nitrogen and oxygen atoms in total.